The van der Waals surface area contributed by atoms with Crippen LogP contribution in [0.2, 0.25) is 5.02 Å². The molecule has 0 aliphatic heterocycles. The zero-order valence-corrected chi connectivity index (χ0v) is 20.2. The Morgan fingerprint density at radius 2 is 1.94 bits per heavy atom. The van der Waals surface area contributed by atoms with Crippen molar-refractivity contribution >= 4 is 28.9 Å². The van der Waals surface area contributed by atoms with E-state index in [-0.39, 0.29) is 29.4 Å². The van der Waals surface area contributed by atoms with Crippen LogP contribution in [0.15, 0.2) is 47.0 Å². The zero-order chi connectivity index (χ0) is 25.3. The number of nitrogens with one attached hydrogen (secondary N) is 1. The normalized spacial score (nSPS) is 10.9. The first-order valence-electron chi connectivity index (χ1n) is 10.6. The molecule has 0 aliphatic carbocycles. The Bertz CT molecular complexity index is 1440. The van der Waals surface area contributed by atoms with Crippen molar-refractivity contribution in [1.29, 1.82) is 0 Å². The molecule has 0 saturated carbocycles. The van der Waals surface area contributed by atoms with E-state index in [4.69, 9.17) is 20.9 Å². The molecule has 0 fully saturated rings. The monoisotopic (exact) mass is 495 g/mol. The molecule has 0 spiro atoms. The molecule has 4 aromatic rings. The van der Waals surface area contributed by atoms with E-state index in [1.807, 2.05) is 26.0 Å². The van der Waals surface area contributed by atoms with E-state index in [0.717, 1.165) is 11.3 Å². The molecule has 0 unspecified atom stereocenters. The molecule has 4 rings (SSSR count). The van der Waals surface area contributed by atoms with Crippen molar-refractivity contribution in [2.24, 2.45) is 0 Å². The Kier molecular flexibility index (Phi) is 6.57. The highest BCUT2D eigenvalue weighted by Gasteiger charge is 2.23. The first-order chi connectivity index (χ1) is 16.6. The minimum absolute atomic E-state index is 0.0406. The Hall–Kier alpha value is -4.18. The maximum absolute atomic E-state index is 13.1. The summed E-state index contributed by atoms with van der Waals surface area (Å²) in [7, 11) is 0. The summed E-state index contributed by atoms with van der Waals surface area (Å²) in [5.74, 6) is 0.572. The largest absolute Gasteiger partial charge is 0.457 e. The van der Waals surface area contributed by atoms with Gasteiger partial charge in [0.25, 0.3) is 11.6 Å². The molecule has 2 heterocycles. The predicted molar refractivity (Wildman–Crippen MR) is 129 cm³/mol. The van der Waals surface area contributed by atoms with Crippen LogP contribution >= 0.6 is 11.6 Å². The number of rotatable bonds is 7. The number of non-ortho nitro benzene ring substituents is 1. The average molecular weight is 496 g/mol. The molecular formula is C24H22ClN5O5. The van der Waals surface area contributed by atoms with Crippen LogP contribution in [0.4, 0.5) is 11.4 Å². The fourth-order valence-electron chi connectivity index (χ4n) is 3.56. The van der Waals surface area contributed by atoms with Crippen LogP contribution in [0.3, 0.4) is 0 Å². The van der Waals surface area contributed by atoms with Crippen LogP contribution in [0.1, 0.15) is 38.8 Å². The summed E-state index contributed by atoms with van der Waals surface area (Å²) in [6, 6.07) is 11.3. The van der Waals surface area contributed by atoms with Crippen LogP contribution in [-0.4, -0.2) is 25.8 Å². The molecule has 2 aromatic heterocycles. The van der Waals surface area contributed by atoms with Crippen LogP contribution in [0.5, 0.6) is 11.5 Å². The number of nitrogens with zero attached hydrogens (tertiary/aromatic N) is 4. The molecule has 1 amide bonds. The van der Waals surface area contributed by atoms with Crippen molar-refractivity contribution < 1.29 is 19.0 Å². The van der Waals surface area contributed by atoms with Gasteiger partial charge in [-0.05, 0) is 45.4 Å². The van der Waals surface area contributed by atoms with E-state index < -0.39 is 10.8 Å². The van der Waals surface area contributed by atoms with E-state index >= 15 is 0 Å². The van der Waals surface area contributed by atoms with Gasteiger partial charge in [-0.1, -0.05) is 28.9 Å². The molecule has 11 heteroatoms. The van der Waals surface area contributed by atoms with Crippen molar-refractivity contribution in [3.8, 4) is 11.5 Å². The van der Waals surface area contributed by atoms with Gasteiger partial charge in [0, 0.05) is 17.7 Å². The number of hydrogen-bond acceptors (Lipinski definition) is 7. The number of anilines is 1. The Morgan fingerprint density at radius 1 is 1.17 bits per heavy atom. The number of halogens is 1. The third kappa shape index (κ3) is 5.17. The van der Waals surface area contributed by atoms with Crippen LogP contribution < -0.4 is 10.1 Å². The predicted octanol–water partition coefficient (Wildman–Crippen LogP) is 5.76. The third-order valence-electron chi connectivity index (χ3n) is 5.39. The number of aromatic nitrogens is 3. The lowest BCUT2D eigenvalue weighted by Gasteiger charge is -2.10. The second kappa shape index (κ2) is 9.59. The average Bonchev–Trinajstić information content (AvgIpc) is 3.28. The summed E-state index contributed by atoms with van der Waals surface area (Å²) in [5.41, 5.74) is 2.88. The third-order valence-corrected chi connectivity index (χ3v) is 5.93. The molecule has 0 saturated heterocycles. The summed E-state index contributed by atoms with van der Waals surface area (Å²) < 4.78 is 12.7. The topological polar surface area (TPSA) is 125 Å². The summed E-state index contributed by atoms with van der Waals surface area (Å²) >= 11 is 6.24. The molecule has 1 N–H and O–H groups in total. The first-order valence-corrected chi connectivity index (χ1v) is 11.0. The minimum atomic E-state index is -0.591. The van der Waals surface area contributed by atoms with Crippen molar-refractivity contribution in [3.63, 3.8) is 0 Å². The molecule has 0 bridgehead atoms. The number of amides is 1. The van der Waals surface area contributed by atoms with Gasteiger partial charge in [0.05, 0.1) is 39.6 Å². The van der Waals surface area contributed by atoms with Gasteiger partial charge in [0.1, 0.15) is 17.3 Å². The fourth-order valence-corrected chi connectivity index (χ4v) is 3.69. The zero-order valence-electron chi connectivity index (χ0n) is 19.5. The number of carbonyl (C=O) groups excluding carboxylic acids is 1. The number of benzene rings is 2. The number of aryl methyl sites for hydroxylation is 3. The summed E-state index contributed by atoms with van der Waals surface area (Å²) in [6.45, 7) is 7.42. The van der Waals surface area contributed by atoms with Gasteiger partial charge < -0.3 is 14.6 Å². The highest BCUT2D eigenvalue weighted by atomic mass is 35.5. The maximum atomic E-state index is 13.1. The van der Waals surface area contributed by atoms with Crippen LogP contribution in [0.25, 0.3) is 0 Å². The lowest BCUT2D eigenvalue weighted by Crippen LogP contribution is -2.16. The summed E-state index contributed by atoms with van der Waals surface area (Å²) in [4.78, 5) is 24.0. The standard InChI is InChI=1S/C24H22ClN5O5/c1-13-6-5-7-19(8-13)34-20-10-17(9-18(11-20)30(32)33)26-24(31)23-21(16(4)35-28-23)12-29-15(3)22(25)14(2)27-29/h5-11H,12H2,1-4H3,(H,26,31). The highest BCUT2D eigenvalue weighted by Crippen LogP contribution is 2.31. The van der Waals surface area contributed by atoms with Gasteiger partial charge in [-0.15, -0.1) is 0 Å². The maximum Gasteiger partial charge on any atom is 0.278 e. The molecule has 0 aliphatic rings. The Labute approximate surface area is 205 Å². The van der Waals surface area contributed by atoms with Gasteiger partial charge in [-0.2, -0.15) is 5.10 Å². The number of carbonyl (C=O) groups is 1. The van der Waals surface area contributed by atoms with Gasteiger partial charge in [0.15, 0.2) is 5.69 Å². The minimum Gasteiger partial charge on any atom is -0.457 e. The number of ether oxygens (including phenoxy) is 1. The van der Waals surface area contributed by atoms with Crippen molar-refractivity contribution in [3.05, 3.63) is 91.6 Å². The van der Waals surface area contributed by atoms with Gasteiger partial charge in [0.2, 0.25) is 0 Å². The summed E-state index contributed by atoms with van der Waals surface area (Å²) in [5, 5.41) is 23.0. The number of nitro groups is 1. The first kappa shape index (κ1) is 24.0. The highest BCUT2D eigenvalue weighted by molar-refractivity contribution is 6.31. The second-order valence-electron chi connectivity index (χ2n) is 8.05. The van der Waals surface area contributed by atoms with E-state index in [2.05, 4.69) is 15.6 Å². The van der Waals surface area contributed by atoms with E-state index in [0.29, 0.717) is 27.8 Å². The summed E-state index contributed by atoms with van der Waals surface area (Å²) in [6.07, 6.45) is 0. The fraction of sp³-hybridized carbons (Fsp3) is 0.208. The Morgan fingerprint density at radius 3 is 2.60 bits per heavy atom. The van der Waals surface area contributed by atoms with Crippen molar-refractivity contribution in [2.45, 2.75) is 34.2 Å². The van der Waals surface area contributed by atoms with Crippen LogP contribution in [-0.2, 0) is 6.54 Å². The lowest BCUT2D eigenvalue weighted by atomic mass is 10.1. The van der Waals surface area contributed by atoms with E-state index in [9.17, 15) is 14.9 Å². The lowest BCUT2D eigenvalue weighted by molar-refractivity contribution is -0.384. The van der Waals surface area contributed by atoms with Crippen molar-refractivity contribution in [1.82, 2.24) is 14.9 Å². The van der Waals surface area contributed by atoms with Gasteiger partial charge in [-0.25, -0.2) is 0 Å². The molecule has 180 valence electrons. The molecular weight excluding hydrogens is 474 g/mol. The van der Waals surface area contributed by atoms with E-state index in [1.54, 1.807) is 30.7 Å². The quantitative estimate of drug-likeness (QED) is 0.255. The number of hydrogen-bond donors (Lipinski definition) is 1. The Balaban J connectivity index is 1.62. The SMILES string of the molecule is Cc1cccc(Oc2cc(NC(=O)c3noc(C)c3Cn3nc(C)c(Cl)c3C)cc([N+](=O)[O-])c2)c1. The molecule has 10 nitrogen and oxygen atoms in total. The van der Waals surface area contributed by atoms with Gasteiger partial charge in [-0.3, -0.25) is 19.6 Å². The molecule has 35 heavy (non-hydrogen) atoms. The molecule has 2 aromatic carbocycles. The van der Waals surface area contributed by atoms with Crippen LogP contribution in [0, 0.1) is 37.8 Å². The van der Waals surface area contributed by atoms with Crippen molar-refractivity contribution in [2.75, 3.05) is 5.32 Å². The second-order valence-corrected chi connectivity index (χ2v) is 8.43. The smallest absolute Gasteiger partial charge is 0.278 e. The molecule has 0 radical (unpaired) electrons. The van der Waals surface area contributed by atoms with E-state index in [1.165, 1.54) is 18.2 Å². The van der Waals surface area contributed by atoms with Gasteiger partial charge >= 0.3 is 0 Å². The molecule has 0 atom stereocenters. The number of nitro benzene ring substituents is 1.